The average molecular weight is 404 g/mol. The summed E-state index contributed by atoms with van der Waals surface area (Å²) >= 11 is 0. The molecule has 6 heteroatoms. The van der Waals surface area contributed by atoms with Crippen LogP contribution in [0.5, 0.6) is 17.2 Å². The Kier molecular flexibility index (Phi) is 4.99. The monoisotopic (exact) mass is 404 g/mol. The van der Waals surface area contributed by atoms with E-state index < -0.39 is 6.17 Å². The van der Waals surface area contributed by atoms with Gasteiger partial charge >= 0.3 is 0 Å². The summed E-state index contributed by atoms with van der Waals surface area (Å²) in [6, 6.07) is 16.6. The number of nitrogens with zero attached hydrogens (tertiary/aromatic N) is 1. The van der Waals surface area contributed by atoms with E-state index in [9.17, 15) is 9.90 Å². The second kappa shape index (κ2) is 7.63. The van der Waals surface area contributed by atoms with Crippen molar-refractivity contribution >= 4 is 17.3 Å². The number of anilines is 2. The van der Waals surface area contributed by atoms with Crippen LogP contribution in [-0.4, -0.2) is 25.2 Å². The topological polar surface area (TPSA) is 71.0 Å². The first-order valence-electron chi connectivity index (χ1n) is 9.66. The predicted molar refractivity (Wildman–Crippen MR) is 117 cm³/mol. The van der Waals surface area contributed by atoms with Gasteiger partial charge in [-0.15, -0.1) is 0 Å². The average Bonchev–Trinajstić information content (AvgIpc) is 2.76. The van der Waals surface area contributed by atoms with Gasteiger partial charge in [-0.3, -0.25) is 9.69 Å². The number of ether oxygens (including phenoxy) is 2. The van der Waals surface area contributed by atoms with Crippen molar-refractivity contribution in [1.29, 1.82) is 0 Å². The summed E-state index contributed by atoms with van der Waals surface area (Å²) in [5, 5.41) is 13.7. The van der Waals surface area contributed by atoms with Crippen molar-refractivity contribution in [2.45, 2.75) is 20.0 Å². The largest absolute Gasteiger partial charge is 0.507 e. The third kappa shape index (κ3) is 3.20. The lowest BCUT2D eigenvalue weighted by Gasteiger charge is -2.39. The van der Waals surface area contributed by atoms with E-state index >= 15 is 0 Å². The van der Waals surface area contributed by atoms with E-state index in [0.29, 0.717) is 22.7 Å². The molecule has 6 nitrogen and oxygen atoms in total. The number of aromatic hydroxyl groups is 1. The van der Waals surface area contributed by atoms with Crippen LogP contribution in [0.4, 0.5) is 11.4 Å². The van der Waals surface area contributed by atoms with Crippen molar-refractivity contribution in [2.75, 3.05) is 24.4 Å². The molecule has 30 heavy (non-hydrogen) atoms. The molecule has 0 radical (unpaired) electrons. The van der Waals surface area contributed by atoms with Crippen LogP contribution < -0.4 is 19.7 Å². The zero-order valence-corrected chi connectivity index (χ0v) is 17.4. The molecular weight excluding hydrogens is 380 g/mol. The number of aryl methyl sites for hydroxylation is 2. The van der Waals surface area contributed by atoms with Crippen molar-refractivity contribution in [2.24, 2.45) is 0 Å². The van der Waals surface area contributed by atoms with Gasteiger partial charge in [-0.1, -0.05) is 12.1 Å². The molecule has 1 amide bonds. The summed E-state index contributed by atoms with van der Waals surface area (Å²) in [6.45, 7) is 3.70. The van der Waals surface area contributed by atoms with Crippen LogP contribution >= 0.6 is 0 Å². The van der Waals surface area contributed by atoms with Crippen LogP contribution in [0.3, 0.4) is 0 Å². The number of phenolic OH excluding ortho intramolecular Hbond substituents is 1. The first-order chi connectivity index (χ1) is 14.4. The molecule has 1 aliphatic rings. The van der Waals surface area contributed by atoms with Crippen molar-refractivity contribution < 1.29 is 19.4 Å². The highest BCUT2D eigenvalue weighted by molar-refractivity contribution is 6.12. The number of phenols is 1. The maximum absolute atomic E-state index is 13.6. The van der Waals surface area contributed by atoms with Gasteiger partial charge in [0.2, 0.25) is 0 Å². The number of para-hydroxylation sites is 1. The summed E-state index contributed by atoms with van der Waals surface area (Å²) in [5.74, 6) is 1.29. The van der Waals surface area contributed by atoms with E-state index in [-0.39, 0.29) is 11.7 Å². The van der Waals surface area contributed by atoms with Gasteiger partial charge in [-0.25, -0.2) is 0 Å². The molecule has 154 valence electrons. The number of nitrogens with one attached hydrogen (secondary N) is 1. The van der Waals surface area contributed by atoms with E-state index in [4.69, 9.17) is 9.47 Å². The molecule has 0 spiro atoms. The number of rotatable bonds is 4. The van der Waals surface area contributed by atoms with Crippen LogP contribution in [0.15, 0.2) is 54.6 Å². The zero-order chi connectivity index (χ0) is 21.4. The minimum atomic E-state index is -0.479. The molecular formula is C24H24N2O4. The second-order valence-corrected chi connectivity index (χ2v) is 7.31. The Morgan fingerprint density at radius 3 is 2.33 bits per heavy atom. The zero-order valence-electron chi connectivity index (χ0n) is 17.4. The van der Waals surface area contributed by atoms with Crippen molar-refractivity contribution in [1.82, 2.24) is 0 Å². The highest BCUT2D eigenvalue weighted by Gasteiger charge is 2.36. The molecule has 0 saturated heterocycles. The fourth-order valence-corrected chi connectivity index (χ4v) is 3.87. The molecule has 0 fully saturated rings. The van der Waals surface area contributed by atoms with Gasteiger partial charge in [0.1, 0.15) is 23.4 Å². The van der Waals surface area contributed by atoms with Crippen LogP contribution in [0.25, 0.3) is 0 Å². The molecule has 1 heterocycles. The minimum absolute atomic E-state index is 0.138. The first kappa shape index (κ1) is 19.6. The quantitative estimate of drug-likeness (QED) is 0.654. The Morgan fingerprint density at radius 2 is 1.67 bits per heavy atom. The molecule has 3 aromatic carbocycles. The molecule has 0 unspecified atom stereocenters. The van der Waals surface area contributed by atoms with Crippen molar-refractivity contribution in [3.63, 3.8) is 0 Å². The molecule has 4 rings (SSSR count). The molecule has 0 saturated carbocycles. The Morgan fingerprint density at radius 1 is 0.967 bits per heavy atom. The van der Waals surface area contributed by atoms with Gasteiger partial charge in [0.05, 0.1) is 25.5 Å². The second-order valence-electron chi connectivity index (χ2n) is 7.31. The maximum atomic E-state index is 13.6. The number of carbonyl (C=O) groups excluding carboxylic acids is 1. The van der Waals surface area contributed by atoms with Crippen LogP contribution in [0, 0.1) is 13.8 Å². The van der Waals surface area contributed by atoms with Gasteiger partial charge in [0, 0.05) is 11.8 Å². The summed E-state index contributed by atoms with van der Waals surface area (Å²) in [4.78, 5) is 15.3. The number of methoxy groups -OCH3 is 2. The smallest absolute Gasteiger partial charge is 0.262 e. The van der Waals surface area contributed by atoms with Crippen molar-refractivity contribution in [3.8, 4) is 17.2 Å². The highest BCUT2D eigenvalue weighted by Crippen LogP contribution is 2.42. The summed E-state index contributed by atoms with van der Waals surface area (Å²) in [7, 11) is 3.15. The van der Waals surface area contributed by atoms with Gasteiger partial charge in [-0.05, 0) is 66.9 Å². The van der Waals surface area contributed by atoms with E-state index in [2.05, 4.69) is 5.32 Å². The molecule has 1 atom stereocenters. The lowest BCUT2D eigenvalue weighted by atomic mass is 9.98. The van der Waals surface area contributed by atoms with Crippen LogP contribution in [0.1, 0.15) is 33.2 Å². The molecule has 0 aliphatic carbocycles. The number of amides is 1. The van der Waals surface area contributed by atoms with E-state index in [1.165, 1.54) is 0 Å². The lowest BCUT2D eigenvalue weighted by Crippen LogP contribution is -2.43. The Bertz CT molecular complexity index is 1100. The number of benzene rings is 3. The first-order valence-corrected chi connectivity index (χ1v) is 9.66. The van der Waals surface area contributed by atoms with E-state index in [0.717, 1.165) is 22.4 Å². The molecule has 2 N–H and O–H groups in total. The number of carbonyl (C=O) groups is 1. The number of hydrogen-bond donors (Lipinski definition) is 2. The van der Waals surface area contributed by atoms with E-state index in [1.807, 2.05) is 50.2 Å². The molecule has 0 bridgehead atoms. The van der Waals surface area contributed by atoms with Gasteiger partial charge < -0.3 is 19.9 Å². The molecule has 0 aromatic heterocycles. The van der Waals surface area contributed by atoms with Crippen LogP contribution in [-0.2, 0) is 0 Å². The number of hydrogen-bond acceptors (Lipinski definition) is 5. The number of fused-ring (bicyclic) bond motifs is 1. The standard InChI is InChI=1S/C24H24N2O4/c1-14-11-16(12-15(2)22(14)27)23-25-19-8-6-5-7-18(19)24(28)26(23)20-10-9-17(29-3)13-21(20)30-4/h5-13,23,25,27H,1-4H3/t23-/m1/s1. The lowest BCUT2D eigenvalue weighted by molar-refractivity contribution is 0.0974. The van der Waals surface area contributed by atoms with Crippen LogP contribution in [0.2, 0.25) is 0 Å². The van der Waals surface area contributed by atoms with E-state index in [1.54, 1.807) is 37.3 Å². The third-order valence-electron chi connectivity index (χ3n) is 5.40. The molecule has 1 aliphatic heterocycles. The van der Waals surface area contributed by atoms with Gasteiger partial charge in [0.25, 0.3) is 5.91 Å². The fraction of sp³-hybridized carbons (Fsp3) is 0.208. The van der Waals surface area contributed by atoms with Crippen molar-refractivity contribution in [3.05, 3.63) is 76.9 Å². The Labute approximate surface area is 175 Å². The van der Waals surface area contributed by atoms with Gasteiger partial charge in [-0.2, -0.15) is 0 Å². The third-order valence-corrected chi connectivity index (χ3v) is 5.40. The Hall–Kier alpha value is -3.67. The Balaban J connectivity index is 1.92. The summed E-state index contributed by atoms with van der Waals surface area (Å²) in [5.41, 5.74) is 4.33. The molecule has 3 aromatic rings. The maximum Gasteiger partial charge on any atom is 0.262 e. The normalized spacial score (nSPS) is 15.4. The highest BCUT2D eigenvalue weighted by atomic mass is 16.5. The summed E-state index contributed by atoms with van der Waals surface area (Å²) < 4.78 is 10.9. The SMILES string of the molecule is COc1ccc(N2C(=O)c3ccccc3N[C@H]2c2cc(C)c(O)c(C)c2)c(OC)c1. The fourth-order valence-electron chi connectivity index (χ4n) is 3.87. The summed E-state index contributed by atoms with van der Waals surface area (Å²) in [6.07, 6.45) is -0.479. The minimum Gasteiger partial charge on any atom is -0.507 e. The predicted octanol–water partition coefficient (Wildman–Crippen LogP) is 4.80. The van der Waals surface area contributed by atoms with Gasteiger partial charge in [0.15, 0.2) is 0 Å².